The summed E-state index contributed by atoms with van der Waals surface area (Å²) in [6.45, 7) is 1.60. The fourth-order valence-corrected chi connectivity index (χ4v) is 1.15. The molecule has 1 aromatic heterocycles. The first kappa shape index (κ1) is 9.14. The summed E-state index contributed by atoms with van der Waals surface area (Å²) in [6.07, 6.45) is 0. The average molecular weight is 192 g/mol. The second-order valence-electron chi connectivity index (χ2n) is 2.10. The molecule has 0 aliphatic heterocycles. The molecule has 68 valence electrons. The van der Waals surface area contributed by atoms with Crippen LogP contribution < -0.4 is 0 Å². The molecule has 0 aliphatic rings. The quantitative estimate of drug-likeness (QED) is 0.619. The van der Waals surface area contributed by atoms with Crippen LogP contribution in [-0.2, 0) is 20.1 Å². The maximum absolute atomic E-state index is 10.8. The van der Waals surface area contributed by atoms with Crippen molar-refractivity contribution in [3.05, 3.63) is 11.7 Å². The average Bonchev–Trinajstić information content (AvgIpc) is 2.35. The minimum absolute atomic E-state index is 0.0364. The van der Waals surface area contributed by atoms with Gasteiger partial charge in [0.1, 0.15) is 0 Å². The standard InChI is InChI=1S/C5H8N2O4S/c1-4-6-5(11-7-4)3-12(8,9)10-2/h3H2,1-2H3. The highest BCUT2D eigenvalue weighted by Gasteiger charge is 2.14. The Labute approximate surface area is 69.7 Å². The summed E-state index contributed by atoms with van der Waals surface area (Å²) in [5.41, 5.74) is 0. The van der Waals surface area contributed by atoms with Crippen molar-refractivity contribution in [1.82, 2.24) is 10.1 Å². The molecule has 6 nitrogen and oxygen atoms in total. The van der Waals surface area contributed by atoms with E-state index in [0.29, 0.717) is 5.82 Å². The minimum Gasteiger partial charge on any atom is -0.338 e. The Kier molecular flexibility index (Phi) is 2.43. The number of nitrogens with zero attached hydrogens (tertiary/aromatic N) is 2. The van der Waals surface area contributed by atoms with Crippen LogP contribution in [0, 0.1) is 6.92 Å². The van der Waals surface area contributed by atoms with Gasteiger partial charge in [-0.1, -0.05) is 5.16 Å². The zero-order valence-corrected chi connectivity index (χ0v) is 7.46. The molecular formula is C5H8N2O4S. The van der Waals surface area contributed by atoms with E-state index in [1.54, 1.807) is 6.92 Å². The van der Waals surface area contributed by atoms with Crippen LogP contribution in [0.3, 0.4) is 0 Å². The summed E-state index contributed by atoms with van der Waals surface area (Å²) in [6, 6.07) is 0. The van der Waals surface area contributed by atoms with Crippen LogP contribution in [0.1, 0.15) is 11.7 Å². The van der Waals surface area contributed by atoms with Gasteiger partial charge in [0.2, 0.25) is 5.89 Å². The molecule has 0 radical (unpaired) electrons. The molecule has 0 fully saturated rings. The van der Waals surface area contributed by atoms with E-state index in [0.717, 1.165) is 7.11 Å². The molecule has 1 aromatic rings. The van der Waals surface area contributed by atoms with Gasteiger partial charge in [-0.05, 0) is 6.92 Å². The highest BCUT2D eigenvalue weighted by molar-refractivity contribution is 7.85. The zero-order chi connectivity index (χ0) is 9.19. The van der Waals surface area contributed by atoms with Crippen molar-refractivity contribution >= 4 is 10.1 Å². The molecular weight excluding hydrogens is 184 g/mol. The van der Waals surface area contributed by atoms with Gasteiger partial charge in [0.05, 0.1) is 7.11 Å². The summed E-state index contributed by atoms with van der Waals surface area (Å²) in [5, 5.41) is 3.43. The number of hydrogen-bond donors (Lipinski definition) is 0. The topological polar surface area (TPSA) is 82.3 Å². The Morgan fingerprint density at radius 2 is 2.25 bits per heavy atom. The van der Waals surface area contributed by atoms with Crippen molar-refractivity contribution in [3.8, 4) is 0 Å². The third-order valence-corrected chi connectivity index (χ3v) is 2.23. The molecule has 7 heteroatoms. The summed E-state index contributed by atoms with van der Waals surface area (Å²) in [7, 11) is -2.47. The van der Waals surface area contributed by atoms with E-state index in [9.17, 15) is 8.42 Å². The Hall–Kier alpha value is -0.950. The minimum atomic E-state index is -3.56. The predicted octanol–water partition coefficient (Wildman–Crippen LogP) is -0.146. The fraction of sp³-hybridized carbons (Fsp3) is 0.600. The molecule has 0 bridgehead atoms. The second kappa shape index (κ2) is 3.20. The highest BCUT2D eigenvalue weighted by atomic mass is 32.2. The van der Waals surface area contributed by atoms with Crippen LogP contribution in [0.25, 0.3) is 0 Å². The summed E-state index contributed by atoms with van der Waals surface area (Å²) < 4.78 is 30.4. The van der Waals surface area contributed by atoms with Gasteiger partial charge in [-0.25, -0.2) is 0 Å². The molecule has 12 heavy (non-hydrogen) atoms. The fourth-order valence-electron chi connectivity index (χ4n) is 0.609. The number of aryl methyl sites for hydroxylation is 1. The van der Waals surface area contributed by atoms with E-state index in [1.165, 1.54) is 0 Å². The molecule has 0 N–H and O–H groups in total. The molecule has 0 atom stereocenters. The Morgan fingerprint density at radius 1 is 1.58 bits per heavy atom. The highest BCUT2D eigenvalue weighted by Crippen LogP contribution is 2.03. The van der Waals surface area contributed by atoms with E-state index in [1.807, 2.05) is 0 Å². The van der Waals surface area contributed by atoms with Gasteiger partial charge in [-0.15, -0.1) is 0 Å². The molecule has 0 unspecified atom stereocenters. The van der Waals surface area contributed by atoms with Gasteiger partial charge in [-0.2, -0.15) is 13.4 Å². The van der Waals surface area contributed by atoms with Gasteiger partial charge < -0.3 is 4.52 Å². The number of aromatic nitrogens is 2. The molecule has 0 aromatic carbocycles. The summed E-state index contributed by atoms with van der Waals surface area (Å²) >= 11 is 0. The Balaban J connectivity index is 2.77. The third-order valence-electron chi connectivity index (χ3n) is 1.12. The van der Waals surface area contributed by atoms with Gasteiger partial charge in [0, 0.05) is 0 Å². The van der Waals surface area contributed by atoms with Gasteiger partial charge in [0.15, 0.2) is 11.6 Å². The Morgan fingerprint density at radius 3 is 2.67 bits per heavy atom. The Bertz CT molecular complexity index is 355. The molecule has 1 rings (SSSR count). The van der Waals surface area contributed by atoms with Crippen molar-refractivity contribution < 1.29 is 17.1 Å². The molecule has 1 heterocycles. The van der Waals surface area contributed by atoms with Crippen LogP contribution in [0.4, 0.5) is 0 Å². The van der Waals surface area contributed by atoms with Crippen LogP contribution >= 0.6 is 0 Å². The van der Waals surface area contributed by atoms with Crippen LogP contribution in [0.5, 0.6) is 0 Å². The third kappa shape index (κ3) is 2.28. The van der Waals surface area contributed by atoms with Crippen LogP contribution in [-0.4, -0.2) is 25.7 Å². The molecule has 0 saturated carbocycles. The maximum Gasteiger partial charge on any atom is 0.276 e. The lowest BCUT2D eigenvalue weighted by Gasteiger charge is -1.94. The maximum atomic E-state index is 10.8. The summed E-state index contributed by atoms with van der Waals surface area (Å²) in [5.74, 6) is 0.0512. The van der Waals surface area contributed by atoms with Crippen molar-refractivity contribution in [2.24, 2.45) is 0 Å². The molecule has 0 spiro atoms. The molecule has 0 aliphatic carbocycles. The second-order valence-corrected chi connectivity index (χ2v) is 3.84. The van der Waals surface area contributed by atoms with Crippen molar-refractivity contribution in [2.45, 2.75) is 12.7 Å². The van der Waals surface area contributed by atoms with Crippen LogP contribution in [0.2, 0.25) is 0 Å². The molecule has 0 amide bonds. The van der Waals surface area contributed by atoms with E-state index < -0.39 is 10.1 Å². The van der Waals surface area contributed by atoms with E-state index in [2.05, 4.69) is 18.8 Å². The lowest BCUT2D eigenvalue weighted by molar-refractivity contribution is 0.366. The first-order valence-corrected chi connectivity index (χ1v) is 4.69. The monoisotopic (exact) mass is 192 g/mol. The van der Waals surface area contributed by atoms with Crippen molar-refractivity contribution in [1.29, 1.82) is 0 Å². The van der Waals surface area contributed by atoms with E-state index in [-0.39, 0.29) is 11.6 Å². The van der Waals surface area contributed by atoms with E-state index >= 15 is 0 Å². The molecule has 0 saturated heterocycles. The lowest BCUT2D eigenvalue weighted by Crippen LogP contribution is -2.05. The van der Waals surface area contributed by atoms with Gasteiger partial charge in [-0.3, -0.25) is 4.18 Å². The van der Waals surface area contributed by atoms with Crippen molar-refractivity contribution in [3.63, 3.8) is 0 Å². The largest absolute Gasteiger partial charge is 0.338 e. The van der Waals surface area contributed by atoms with Gasteiger partial charge in [0.25, 0.3) is 10.1 Å². The normalized spacial score (nSPS) is 11.8. The lowest BCUT2D eigenvalue weighted by atomic mass is 10.7. The van der Waals surface area contributed by atoms with Crippen LogP contribution in [0.15, 0.2) is 4.52 Å². The SMILES string of the molecule is COS(=O)(=O)Cc1nc(C)no1. The number of rotatable bonds is 3. The summed E-state index contributed by atoms with van der Waals surface area (Å²) in [4.78, 5) is 3.71. The first-order chi connectivity index (χ1) is 5.53. The first-order valence-electron chi connectivity index (χ1n) is 3.11. The zero-order valence-electron chi connectivity index (χ0n) is 6.64. The van der Waals surface area contributed by atoms with E-state index in [4.69, 9.17) is 0 Å². The predicted molar refractivity (Wildman–Crippen MR) is 38.7 cm³/mol. The smallest absolute Gasteiger partial charge is 0.276 e. The van der Waals surface area contributed by atoms with Gasteiger partial charge >= 0.3 is 0 Å². The number of hydrogen-bond acceptors (Lipinski definition) is 6. The van der Waals surface area contributed by atoms with Crippen molar-refractivity contribution in [2.75, 3.05) is 7.11 Å².